The van der Waals surface area contributed by atoms with Crippen molar-refractivity contribution in [1.82, 2.24) is 0 Å². The molecule has 5 aromatic rings. The van der Waals surface area contributed by atoms with Gasteiger partial charge >= 0.3 is 0 Å². The van der Waals surface area contributed by atoms with Crippen LogP contribution < -0.4 is 4.90 Å². The first kappa shape index (κ1) is 16.6. The summed E-state index contributed by atoms with van der Waals surface area (Å²) in [7, 11) is 0. The molecule has 134 valence electrons. The van der Waals surface area contributed by atoms with Crippen LogP contribution in [0.5, 0.6) is 0 Å². The molecule has 0 saturated carbocycles. The lowest BCUT2D eigenvalue weighted by Crippen LogP contribution is -2.11. The highest BCUT2D eigenvalue weighted by Crippen LogP contribution is 2.42. The molecule has 0 aromatic heterocycles. The molecule has 0 radical (unpaired) electrons. The third kappa shape index (κ3) is 2.73. The summed E-state index contributed by atoms with van der Waals surface area (Å²) in [6.45, 7) is 2.18. The van der Waals surface area contributed by atoms with Crippen molar-refractivity contribution < 1.29 is 0 Å². The topological polar surface area (TPSA) is 3.24 Å². The van der Waals surface area contributed by atoms with E-state index in [4.69, 9.17) is 0 Å². The fourth-order valence-electron chi connectivity index (χ4n) is 4.02. The van der Waals surface area contributed by atoms with Crippen LogP contribution in [0, 0.1) is 6.92 Å². The Morgan fingerprint density at radius 1 is 0.500 bits per heavy atom. The lowest BCUT2D eigenvalue weighted by atomic mass is 9.98. The SMILES string of the molecule is Cc1ccccc1N(c1ccccc1)c1cc2ccccc2c2ccccc12. The highest BCUT2D eigenvalue weighted by molar-refractivity contribution is 6.14. The lowest BCUT2D eigenvalue weighted by Gasteiger charge is -2.28. The summed E-state index contributed by atoms with van der Waals surface area (Å²) in [4.78, 5) is 2.38. The van der Waals surface area contributed by atoms with Crippen LogP contribution in [0.2, 0.25) is 0 Å². The van der Waals surface area contributed by atoms with Gasteiger partial charge in [0.2, 0.25) is 0 Å². The van der Waals surface area contributed by atoms with Gasteiger partial charge in [0.05, 0.1) is 5.69 Å². The zero-order chi connectivity index (χ0) is 18.9. The predicted octanol–water partition coefficient (Wildman–Crippen LogP) is 7.77. The summed E-state index contributed by atoms with van der Waals surface area (Å²) in [6.07, 6.45) is 0. The number of rotatable bonds is 3. The summed E-state index contributed by atoms with van der Waals surface area (Å²) in [5.41, 5.74) is 4.82. The number of nitrogens with zero attached hydrogens (tertiary/aromatic N) is 1. The van der Waals surface area contributed by atoms with E-state index in [0.717, 1.165) is 5.69 Å². The number of hydrogen-bond donors (Lipinski definition) is 0. The minimum atomic E-state index is 1.16. The predicted molar refractivity (Wildman–Crippen MR) is 121 cm³/mol. The van der Waals surface area contributed by atoms with Gasteiger partial charge in [0, 0.05) is 16.8 Å². The summed E-state index contributed by atoms with van der Waals surface area (Å²) in [5.74, 6) is 0. The van der Waals surface area contributed by atoms with Crippen molar-refractivity contribution in [3.8, 4) is 0 Å². The minimum absolute atomic E-state index is 1.16. The number of anilines is 3. The van der Waals surface area contributed by atoms with Gasteiger partial charge in [0.15, 0.2) is 0 Å². The molecule has 0 fully saturated rings. The van der Waals surface area contributed by atoms with Crippen LogP contribution in [0.25, 0.3) is 21.5 Å². The van der Waals surface area contributed by atoms with Crippen molar-refractivity contribution in [2.45, 2.75) is 6.92 Å². The largest absolute Gasteiger partial charge is 0.310 e. The third-order valence-corrected chi connectivity index (χ3v) is 5.36. The van der Waals surface area contributed by atoms with Gasteiger partial charge < -0.3 is 4.90 Å². The second-order valence-electron chi connectivity index (χ2n) is 7.12. The fourth-order valence-corrected chi connectivity index (χ4v) is 4.02. The van der Waals surface area contributed by atoms with Crippen molar-refractivity contribution >= 4 is 38.6 Å². The van der Waals surface area contributed by atoms with E-state index >= 15 is 0 Å². The van der Waals surface area contributed by atoms with Crippen LogP contribution in [0.1, 0.15) is 5.56 Å². The fraction of sp³-hybridized carbons (Fsp3) is 0.0370. The Balaban J connectivity index is 1.89. The quantitative estimate of drug-likeness (QED) is 0.297. The highest BCUT2D eigenvalue weighted by Gasteiger charge is 2.17. The smallest absolute Gasteiger partial charge is 0.0546 e. The zero-order valence-corrected chi connectivity index (χ0v) is 15.8. The average Bonchev–Trinajstić information content (AvgIpc) is 2.76. The molecule has 0 aliphatic heterocycles. The molecule has 1 heteroatoms. The highest BCUT2D eigenvalue weighted by atomic mass is 15.1. The second-order valence-corrected chi connectivity index (χ2v) is 7.12. The standard InChI is InChI=1S/C27H21N/c1-20-11-5-10-18-26(20)28(22-13-3-2-4-14-22)27-19-21-12-6-7-15-23(21)24-16-8-9-17-25(24)27/h2-19H,1H3. The van der Waals surface area contributed by atoms with Gasteiger partial charge in [0.1, 0.15) is 0 Å². The maximum absolute atomic E-state index is 2.38. The van der Waals surface area contributed by atoms with E-state index in [0.29, 0.717) is 0 Å². The van der Waals surface area contributed by atoms with E-state index in [1.54, 1.807) is 0 Å². The number of benzene rings is 5. The first-order chi connectivity index (χ1) is 13.8. The molecule has 0 N–H and O–H groups in total. The van der Waals surface area contributed by atoms with Gasteiger partial charge in [-0.05, 0) is 52.9 Å². The van der Waals surface area contributed by atoms with Crippen LogP contribution in [0.15, 0.2) is 109 Å². The van der Waals surface area contributed by atoms with Gasteiger partial charge in [-0.1, -0.05) is 84.9 Å². The molecule has 0 heterocycles. The lowest BCUT2D eigenvalue weighted by molar-refractivity contribution is 1.26. The van der Waals surface area contributed by atoms with Crippen molar-refractivity contribution in [2.75, 3.05) is 4.90 Å². The van der Waals surface area contributed by atoms with Gasteiger partial charge in [-0.2, -0.15) is 0 Å². The van der Waals surface area contributed by atoms with Crippen LogP contribution in [0.4, 0.5) is 17.1 Å². The molecule has 5 rings (SSSR count). The maximum Gasteiger partial charge on any atom is 0.0546 e. The second kappa shape index (κ2) is 6.86. The van der Waals surface area contributed by atoms with E-state index in [1.165, 1.54) is 38.5 Å². The van der Waals surface area contributed by atoms with Crippen LogP contribution in [-0.2, 0) is 0 Å². The number of hydrogen-bond acceptors (Lipinski definition) is 1. The number of para-hydroxylation sites is 2. The summed E-state index contributed by atoms with van der Waals surface area (Å²) < 4.78 is 0. The van der Waals surface area contributed by atoms with Crippen molar-refractivity contribution in [3.05, 3.63) is 115 Å². The van der Waals surface area contributed by atoms with Gasteiger partial charge in [0.25, 0.3) is 0 Å². The van der Waals surface area contributed by atoms with E-state index < -0.39 is 0 Å². The van der Waals surface area contributed by atoms with Gasteiger partial charge in [-0.25, -0.2) is 0 Å². The monoisotopic (exact) mass is 359 g/mol. The molecule has 28 heavy (non-hydrogen) atoms. The Morgan fingerprint density at radius 2 is 1.11 bits per heavy atom. The van der Waals surface area contributed by atoms with Crippen molar-refractivity contribution in [3.63, 3.8) is 0 Å². The summed E-state index contributed by atoms with van der Waals surface area (Å²) in [5, 5.41) is 5.09. The first-order valence-electron chi connectivity index (χ1n) is 9.64. The van der Waals surface area contributed by atoms with Crippen LogP contribution in [0.3, 0.4) is 0 Å². The normalized spacial score (nSPS) is 11.0. The summed E-state index contributed by atoms with van der Waals surface area (Å²) >= 11 is 0. The van der Waals surface area contributed by atoms with E-state index in [2.05, 4.69) is 121 Å². The Bertz CT molecular complexity index is 1270. The molecule has 0 atom stereocenters. The van der Waals surface area contributed by atoms with E-state index in [-0.39, 0.29) is 0 Å². The van der Waals surface area contributed by atoms with Gasteiger partial charge in [-0.3, -0.25) is 0 Å². The Hall–Kier alpha value is -3.58. The molecule has 0 unspecified atom stereocenters. The molecule has 0 spiro atoms. The molecule has 0 saturated heterocycles. The molecule has 0 aliphatic carbocycles. The molecule has 0 aliphatic rings. The first-order valence-corrected chi connectivity index (χ1v) is 9.64. The zero-order valence-electron chi connectivity index (χ0n) is 15.8. The molecule has 1 nitrogen and oxygen atoms in total. The Morgan fingerprint density at radius 3 is 1.89 bits per heavy atom. The number of aryl methyl sites for hydroxylation is 1. The molecule has 5 aromatic carbocycles. The Kier molecular flexibility index (Phi) is 4.06. The third-order valence-electron chi connectivity index (χ3n) is 5.36. The minimum Gasteiger partial charge on any atom is -0.310 e. The molecule has 0 amide bonds. The Labute approximate surface area is 165 Å². The molecule has 0 bridgehead atoms. The van der Waals surface area contributed by atoms with Crippen molar-refractivity contribution in [2.24, 2.45) is 0 Å². The number of fused-ring (bicyclic) bond motifs is 3. The average molecular weight is 359 g/mol. The maximum atomic E-state index is 2.38. The van der Waals surface area contributed by atoms with Crippen LogP contribution in [-0.4, -0.2) is 0 Å². The van der Waals surface area contributed by atoms with E-state index in [9.17, 15) is 0 Å². The van der Waals surface area contributed by atoms with Gasteiger partial charge in [-0.15, -0.1) is 0 Å². The molecular weight excluding hydrogens is 338 g/mol. The van der Waals surface area contributed by atoms with E-state index in [1.807, 2.05) is 0 Å². The van der Waals surface area contributed by atoms with Crippen molar-refractivity contribution in [1.29, 1.82) is 0 Å². The summed E-state index contributed by atoms with van der Waals surface area (Å²) in [6, 6.07) is 38.9. The van der Waals surface area contributed by atoms with Crippen LogP contribution >= 0.6 is 0 Å². The molecular formula is C27H21N.